The maximum Gasteiger partial charge on any atom is 0.273 e. The lowest BCUT2D eigenvalue weighted by Gasteiger charge is -1.90. The Morgan fingerprint density at radius 1 is 1.33 bits per heavy atom. The lowest BCUT2D eigenvalue weighted by molar-refractivity contribution is 1.01. The Kier molecular flexibility index (Phi) is 2.40. The molecule has 2 aromatic rings. The van der Waals surface area contributed by atoms with Gasteiger partial charge < -0.3 is 0 Å². The third-order valence-corrected chi connectivity index (χ3v) is 1.47. The van der Waals surface area contributed by atoms with Crippen LogP contribution in [0.3, 0.4) is 0 Å². The van der Waals surface area contributed by atoms with Gasteiger partial charge in [-0.2, -0.15) is 5.10 Å². The van der Waals surface area contributed by atoms with Crippen LogP contribution in [0.5, 0.6) is 0 Å². The molecule has 0 aliphatic rings. The first-order valence-electron chi connectivity index (χ1n) is 3.15. The largest absolute Gasteiger partial charge is 0.273 e. The molecule has 0 aliphatic carbocycles. The number of hydrogen-bond acceptors (Lipinski definition) is 3. The van der Waals surface area contributed by atoms with Gasteiger partial charge in [-0.15, -0.1) is 12.4 Å². The molecular weight excluding hydrogens is 178 g/mol. The predicted octanol–water partition coefficient (Wildman–Crippen LogP) is 0.740. The normalized spacial score (nSPS) is 9.33. The Bertz CT molecular complexity index is 434. The van der Waals surface area contributed by atoms with E-state index in [4.69, 9.17) is 0 Å². The molecule has 5 heteroatoms. The highest BCUT2D eigenvalue weighted by atomic mass is 35.5. The summed E-state index contributed by atoms with van der Waals surface area (Å²) in [5.74, 6) is 0. The first kappa shape index (κ1) is 8.67. The van der Waals surface area contributed by atoms with E-state index in [0.29, 0.717) is 5.39 Å². The highest BCUT2D eigenvalue weighted by molar-refractivity contribution is 5.85. The van der Waals surface area contributed by atoms with Gasteiger partial charge in [-0.05, 0) is 6.07 Å². The van der Waals surface area contributed by atoms with Crippen LogP contribution in [0.2, 0.25) is 0 Å². The summed E-state index contributed by atoms with van der Waals surface area (Å²) >= 11 is 0. The topological polar surface area (TPSA) is 58.6 Å². The molecule has 1 N–H and O–H groups in total. The van der Waals surface area contributed by atoms with Crippen molar-refractivity contribution in [3.05, 3.63) is 35.0 Å². The number of hydrogen-bond donors (Lipinski definition) is 1. The molecule has 0 radical (unpaired) electrons. The van der Waals surface area contributed by atoms with Gasteiger partial charge >= 0.3 is 0 Å². The Morgan fingerprint density at radius 3 is 2.92 bits per heavy atom. The summed E-state index contributed by atoms with van der Waals surface area (Å²) in [6.07, 6.45) is 4.75. The van der Waals surface area contributed by atoms with Gasteiger partial charge in [-0.3, -0.25) is 9.78 Å². The second-order valence-electron chi connectivity index (χ2n) is 2.16. The second-order valence-corrected chi connectivity index (χ2v) is 2.16. The van der Waals surface area contributed by atoms with Crippen molar-refractivity contribution in [2.75, 3.05) is 0 Å². The number of pyridine rings is 1. The van der Waals surface area contributed by atoms with Gasteiger partial charge in [0.1, 0.15) is 0 Å². The molecule has 0 atom stereocenters. The third-order valence-electron chi connectivity index (χ3n) is 1.47. The summed E-state index contributed by atoms with van der Waals surface area (Å²) in [4.78, 5) is 14.8. The van der Waals surface area contributed by atoms with Crippen molar-refractivity contribution in [3.8, 4) is 0 Å². The van der Waals surface area contributed by atoms with E-state index in [2.05, 4.69) is 15.2 Å². The van der Waals surface area contributed by atoms with Gasteiger partial charge in [0.05, 0.1) is 11.6 Å². The fraction of sp³-hybridized carbons (Fsp3) is 0. The van der Waals surface area contributed by atoms with Crippen molar-refractivity contribution in [2.45, 2.75) is 0 Å². The first-order valence-corrected chi connectivity index (χ1v) is 3.15. The Labute approximate surface area is 74.1 Å². The fourth-order valence-electron chi connectivity index (χ4n) is 0.928. The fourth-order valence-corrected chi connectivity index (χ4v) is 0.928. The number of aromatic nitrogens is 3. The maximum atomic E-state index is 11.0. The van der Waals surface area contributed by atoms with Crippen molar-refractivity contribution in [1.82, 2.24) is 15.2 Å². The molecule has 12 heavy (non-hydrogen) atoms. The monoisotopic (exact) mass is 183 g/mol. The van der Waals surface area contributed by atoms with Gasteiger partial charge in [0, 0.05) is 17.8 Å². The van der Waals surface area contributed by atoms with E-state index in [1.807, 2.05) is 0 Å². The highest BCUT2D eigenvalue weighted by Gasteiger charge is 1.94. The van der Waals surface area contributed by atoms with E-state index in [-0.39, 0.29) is 18.0 Å². The zero-order valence-electron chi connectivity index (χ0n) is 6.02. The maximum absolute atomic E-state index is 11.0. The van der Waals surface area contributed by atoms with Crippen LogP contribution in [-0.4, -0.2) is 15.2 Å². The predicted molar refractivity (Wildman–Crippen MR) is 47.4 cm³/mol. The number of rotatable bonds is 0. The summed E-state index contributed by atoms with van der Waals surface area (Å²) in [6, 6.07) is 1.75. The molecule has 62 valence electrons. The number of fused-ring (bicyclic) bond motifs is 1. The molecule has 0 bridgehead atoms. The van der Waals surface area contributed by atoms with Crippen LogP contribution in [0.15, 0.2) is 29.5 Å². The molecule has 0 aliphatic heterocycles. The number of aromatic amines is 1. The van der Waals surface area contributed by atoms with E-state index < -0.39 is 0 Å². The molecule has 0 spiro atoms. The van der Waals surface area contributed by atoms with Crippen molar-refractivity contribution >= 4 is 23.2 Å². The average Bonchev–Trinajstić information content (AvgIpc) is 2.06. The molecule has 2 heterocycles. The molecule has 0 amide bonds. The lowest BCUT2D eigenvalue weighted by atomic mass is 10.3. The van der Waals surface area contributed by atoms with Crippen molar-refractivity contribution in [1.29, 1.82) is 0 Å². The van der Waals surface area contributed by atoms with E-state index in [9.17, 15) is 4.79 Å². The van der Waals surface area contributed by atoms with Crippen molar-refractivity contribution < 1.29 is 0 Å². The van der Waals surface area contributed by atoms with Crippen LogP contribution in [-0.2, 0) is 0 Å². The number of nitrogens with zero attached hydrogens (tertiary/aromatic N) is 2. The summed E-state index contributed by atoms with van der Waals surface area (Å²) < 4.78 is 0. The second kappa shape index (κ2) is 3.32. The summed E-state index contributed by atoms with van der Waals surface area (Å²) in [7, 11) is 0. The zero-order chi connectivity index (χ0) is 7.68. The van der Waals surface area contributed by atoms with Crippen molar-refractivity contribution in [3.63, 3.8) is 0 Å². The third kappa shape index (κ3) is 1.29. The number of H-pyrrole nitrogens is 1. The average molecular weight is 184 g/mol. The molecule has 4 nitrogen and oxygen atoms in total. The van der Waals surface area contributed by atoms with Crippen LogP contribution in [0.4, 0.5) is 0 Å². The first-order chi connectivity index (χ1) is 5.38. The van der Waals surface area contributed by atoms with Gasteiger partial charge in [0.2, 0.25) is 0 Å². The minimum atomic E-state index is -0.199. The quantitative estimate of drug-likeness (QED) is 0.656. The molecule has 2 rings (SSSR count). The summed E-state index contributed by atoms with van der Waals surface area (Å²) in [5.41, 5.74) is -0.199. The van der Waals surface area contributed by atoms with Crippen LogP contribution >= 0.6 is 12.4 Å². The lowest BCUT2D eigenvalue weighted by Crippen LogP contribution is -2.07. The molecule has 0 saturated heterocycles. The molecule has 0 aromatic carbocycles. The molecular formula is C7H6ClN3O. The van der Waals surface area contributed by atoms with Gasteiger partial charge in [-0.25, -0.2) is 5.10 Å². The van der Waals surface area contributed by atoms with Crippen LogP contribution in [0.1, 0.15) is 0 Å². The van der Waals surface area contributed by atoms with Crippen molar-refractivity contribution in [2.24, 2.45) is 0 Å². The van der Waals surface area contributed by atoms with Gasteiger partial charge in [0.25, 0.3) is 5.56 Å². The Hall–Kier alpha value is -1.42. The Morgan fingerprint density at radius 2 is 2.17 bits per heavy atom. The highest BCUT2D eigenvalue weighted by Crippen LogP contribution is 2.02. The van der Waals surface area contributed by atoms with E-state index >= 15 is 0 Å². The van der Waals surface area contributed by atoms with E-state index in [1.165, 1.54) is 6.20 Å². The van der Waals surface area contributed by atoms with Gasteiger partial charge in [0.15, 0.2) is 0 Å². The minimum absolute atomic E-state index is 0. The van der Waals surface area contributed by atoms with E-state index in [0.717, 1.165) is 5.39 Å². The SMILES string of the molecule is Cl.O=c1[nH]ncc2ccncc12. The van der Waals surface area contributed by atoms with Gasteiger partial charge in [-0.1, -0.05) is 0 Å². The number of nitrogens with one attached hydrogen (secondary N) is 1. The summed E-state index contributed by atoms with van der Waals surface area (Å²) in [6.45, 7) is 0. The number of halogens is 1. The van der Waals surface area contributed by atoms with Crippen LogP contribution in [0.25, 0.3) is 10.8 Å². The molecule has 2 aromatic heterocycles. The van der Waals surface area contributed by atoms with E-state index in [1.54, 1.807) is 18.5 Å². The molecule has 0 saturated carbocycles. The van der Waals surface area contributed by atoms with Crippen LogP contribution < -0.4 is 5.56 Å². The zero-order valence-corrected chi connectivity index (χ0v) is 6.84. The Balaban J connectivity index is 0.000000720. The standard InChI is InChI=1S/C7H5N3O.ClH/c11-7-6-4-8-2-1-5(6)3-9-10-7;/h1-4H,(H,10,11);1H. The minimum Gasteiger partial charge on any atom is -0.267 e. The molecule has 0 fully saturated rings. The summed E-state index contributed by atoms with van der Waals surface area (Å²) in [5, 5.41) is 7.36. The van der Waals surface area contributed by atoms with Crippen LogP contribution in [0, 0.1) is 0 Å². The molecule has 0 unspecified atom stereocenters. The smallest absolute Gasteiger partial charge is 0.267 e.